The maximum atomic E-state index is 10.9. The van der Waals surface area contributed by atoms with Crippen molar-refractivity contribution in [1.82, 2.24) is 0 Å². The molecule has 0 aliphatic heterocycles. The molecule has 44 heavy (non-hydrogen) atoms. The Morgan fingerprint density at radius 1 is 0.636 bits per heavy atom. The topological polar surface area (TPSA) is 80.9 Å². The Bertz CT molecular complexity index is 1270. The van der Waals surface area contributed by atoms with Gasteiger partial charge in [0.15, 0.2) is 0 Å². The standard InChI is InChI=1S/C40H58O4/c1-29(17-13-19-31(3)21-23-35-37(5,6)25-33(41)27-39(35,9)43)15-11-12-16-30(2)18-14-20-32(4)22-24-36-38(7,8)26-34(42)28-40(36,10)44/h11-23,33-35,41-44H,25-28H2,1-10H3/b12-11+,17-13?,18-14+,23-21?,29-15?,30-16+,31-19?,32-20+. The Labute approximate surface area is 267 Å². The fourth-order valence-corrected chi connectivity index (χ4v) is 6.89. The van der Waals surface area contributed by atoms with Crippen molar-refractivity contribution in [3.63, 3.8) is 0 Å². The number of aliphatic hydroxyl groups excluding tert-OH is 2. The zero-order chi connectivity index (χ0) is 33.3. The van der Waals surface area contributed by atoms with Crippen molar-refractivity contribution in [3.8, 4) is 0 Å². The Balaban J connectivity index is 1.95. The molecule has 0 heterocycles. The van der Waals surface area contributed by atoms with E-state index in [4.69, 9.17) is 0 Å². The van der Waals surface area contributed by atoms with Crippen LogP contribution < -0.4 is 0 Å². The molecule has 4 N–H and O–H groups in total. The summed E-state index contributed by atoms with van der Waals surface area (Å²) in [4.78, 5) is 0. The predicted octanol–water partition coefficient (Wildman–Crippen LogP) is 8.56. The molecule has 242 valence electrons. The van der Waals surface area contributed by atoms with Crippen molar-refractivity contribution < 1.29 is 20.4 Å². The van der Waals surface area contributed by atoms with Crippen LogP contribution in [0, 0.1) is 16.7 Å². The summed E-state index contributed by atoms with van der Waals surface area (Å²) in [6.45, 7) is 20.1. The van der Waals surface area contributed by atoms with Crippen LogP contribution in [-0.2, 0) is 0 Å². The third-order valence-corrected chi connectivity index (χ3v) is 8.78. The number of hydrogen-bond donors (Lipinski definition) is 4. The Morgan fingerprint density at radius 2 is 1.11 bits per heavy atom. The first-order valence-electron chi connectivity index (χ1n) is 15.9. The molecular weight excluding hydrogens is 544 g/mol. The molecule has 5 atom stereocenters. The van der Waals surface area contributed by atoms with Gasteiger partial charge in [0, 0.05) is 24.3 Å². The van der Waals surface area contributed by atoms with Gasteiger partial charge in [-0.05, 0) is 76.9 Å². The lowest BCUT2D eigenvalue weighted by Crippen LogP contribution is -2.50. The molecule has 2 rings (SSSR count). The Hall–Kier alpha value is -2.72. The molecule has 2 aliphatic rings. The number of allylic oxidation sites excluding steroid dienone is 15. The van der Waals surface area contributed by atoms with Crippen LogP contribution in [0.3, 0.4) is 0 Å². The molecule has 0 aromatic carbocycles. The maximum absolute atomic E-state index is 10.9. The molecule has 0 saturated heterocycles. The predicted molar refractivity (Wildman–Crippen MR) is 186 cm³/mol. The van der Waals surface area contributed by atoms with Gasteiger partial charge in [-0.25, -0.2) is 0 Å². The highest BCUT2D eigenvalue weighted by Crippen LogP contribution is 2.47. The Kier molecular flexibility index (Phi) is 13.2. The van der Waals surface area contributed by atoms with Crippen LogP contribution in [0.15, 0.2) is 113 Å². The van der Waals surface area contributed by atoms with Crippen molar-refractivity contribution in [1.29, 1.82) is 0 Å². The van der Waals surface area contributed by atoms with E-state index < -0.39 is 23.4 Å². The van der Waals surface area contributed by atoms with Gasteiger partial charge in [-0.3, -0.25) is 0 Å². The smallest absolute Gasteiger partial charge is 0.0931 e. The van der Waals surface area contributed by atoms with E-state index in [2.05, 4.69) is 82.9 Å². The second kappa shape index (κ2) is 15.5. The van der Waals surface area contributed by atoms with E-state index in [9.17, 15) is 20.4 Å². The molecule has 4 nitrogen and oxygen atoms in total. The van der Waals surface area contributed by atoms with Crippen molar-refractivity contribution in [2.45, 2.75) is 118 Å². The lowest BCUT2D eigenvalue weighted by atomic mass is 9.61. The van der Waals surface area contributed by atoms with Gasteiger partial charge in [-0.1, -0.05) is 117 Å². The largest absolute Gasteiger partial charge is 0.393 e. The summed E-state index contributed by atoms with van der Waals surface area (Å²) in [5.41, 5.74) is 6.10. The first-order valence-corrected chi connectivity index (χ1v) is 15.9. The van der Waals surface area contributed by atoms with Crippen molar-refractivity contribution in [3.05, 3.63) is 113 Å². The van der Waals surface area contributed by atoms with Crippen LogP contribution in [0.2, 0.25) is 0 Å². The zero-order valence-electron chi connectivity index (χ0n) is 28.9. The minimum absolute atomic E-state index is 0.0208. The van der Waals surface area contributed by atoms with Gasteiger partial charge in [0.25, 0.3) is 0 Å². The molecule has 0 amide bonds. The second-order valence-electron chi connectivity index (χ2n) is 14.9. The van der Waals surface area contributed by atoms with Crippen LogP contribution in [0.25, 0.3) is 0 Å². The van der Waals surface area contributed by atoms with Gasteiger partial charge in [-0.2, -0.15) is 0 Å². The van der Waals surface area contributed by atoms with E-state index in [1.165, 1.54) is 0 Å². The summed E-state index contributed by atoms with van der Waals surface area (Å²) in [7, 11) is 0. The first kappa shape index (κ1) is 37.5. The highest BCUT2D eigenvalue weighted by molar-refractivity contribution is 5.33. The second-order valence-corrected chi connectivity index (χ2v) is 14.9. The first-order chi connectivity index (χ1) is 20.2. The van der Waals surface area contributed by atoms with E-state index in [0.717, 1.165) is 27.9 Å². The van der Waals surface area contributed by atoms with Crippen LogP contribution in [0.5, 0.6) is 0 Å². The van der Waals surface area contributed by atoms with Gasteiger partial charge in [-0.15, -0.1) is 5.73 Å². The summed E-state index contributed by atoms with van der Waals surface area (Å²) < 4.78 is 0. The van der Waals surface area contributed by atoms with E-state index in [0.29, 0.717) is 25.7 Å². The molecule has 4 heteroatoms. The summed E-state index contributed by atoms with van der Waals surface area (Å²) in [6.07, 6.45) is 27.6. The summed E-state index contributed by atoms with van der Waals surface area (Å²) in [5.74, 6) is -0.0208. The van der Waals surface area contributed by atoms with E-state index in [1.807, 2.05) is 64.2 Å². The van der Waals surface area contributed by atoms with Gasteiger partial charge in [0.1, 0.15) is 0 Å². The van der Waals surface area contributed by atoms with E-state index in [1.54, 1.807) is 6.92 Å². The number of hydrogen-bond acceptors (Lipinski definition) is 4. The Morgan fingerprint density at radius 3 is 1.64 bits per heavy atom. The van der Waals surface area contributed by atoms with Gasteiger partial charge in [0.2, 0.25) is 0 Å². The minimum atomic E-state index is -1.06. The highest BCUT2D eigenvalue weighted by atomic mass is 16.3. The van der Waals surface area contributed by atoms with Crippen molar-refractivity contribution in [2.75, 3.05) is 0 Å². The molecule has 0 aromatic rings. The SMILES string of the molecule is CC(C=CC1C(C)(C)CC(O)CC1(C)O)=CC=CC(C)=C/C=C/C=C(C)/C=C/C=C(\C)C=C=C1C(C)(C)CC(O)CC1(C)O. The fourth-order valence-electron chi connectivity index (χ4n) is 6.89. The minimum Gasteiger partial charge on any atom is -0.393 e. The maximum Gasteiger partial charge on any atom is 0.0931 e. The molecule has 0 radical (unpaired) electrons. The van der Waals surface area contributed by atoms with Crippen LogP contribution in [0.4, 0.5) is 0 Å². The molecule has 5 unspecified atom stereocenters. The summed E-state index contributed by atoms with van der Waals surface area (Å²) >= 11 is 0. The number of aliphatic hydroxyl groups is 4. The average Bonchev–Trinajstić information content (AvgIpc) is 2.83. The molecule has 0 bridgehead atoms. The van der Waals surface area contributed by atoms with Crippen LogP contribution in [-0.4, -0.2) is 43.8 Å². The fraction of sp³-hybridized carbons (Fsp3) is 0.525. The molecule has 0 aromatic heterocycles. The average molecular weight is 603 g/mol. The van der Waals surface area contributed by atoms with E-state index >= 15 is 0 Å². The van der Waals surface area contributed by atoms with Gasteiger partial charge < -0.3 is 20.4 Å². The highest BCUT2D eigenvalue weighted by Gasteiger charge is 2.47. The molecule has 0 spiro atoms. The van der Waals surface area contributed by atoms with Crippen LogP contribution >= 0.6 is 0 Å². The normalized spacial score (nSPS) is 32.3. The molecule has 2 aliphatic carbocycles. The summed E-state index contributed by atoms with van der Waals surface area (Å²) in [5, 5.41) is 42.0. The van der Waals surface area contributed by atoms with Gasteiger partial charge in [0.05, 0.1) is 23.4 Å². The van der Waals surface area contributed by atoms with Gasteiger partial charge >= 0.3 is 0 Å². The van der Waals surface area contributed by atoms with Crippen molar-refractivity contribution >= 4 is 0 Å². The lowest BCUT2D eigenvalue weighted by molar-refractivity contribution is -0.111. The molecule has 2 saturated carbocycles. The zero-order valence-corrected chi connectivity index (χ0v) is 28.9. The lowest BCUT2D eigenvalue weighted by Gasteiger charge is -2.48. The monoisotopic (exact) mass is 602 g/mol. The van der Waals surface area contributed by atoms with E-state index in [-0.39, 0.29) is 16.7 Å². The molecular formula is C40H58O4. The van der Waals surface area contributed by atoms with Crippen LogP contribution in [0.1, 0.15) is 94.9 Å². The quantitative estimate of drug-likeness (QED) is 0.157. The number of rotatable bonds is 9. The third-order valence-electron chi connectivity index (χ3n) is 8.78. The van der Waals surface area contributed by atoms with Crippen molar-refractivity contribution in [2.24, 2.45) is 16.7 Å². The summed E-state index contributed by atoms with van der Waals surface area (Å²) in [6, 6.07) is 0. The molecule has 2 fully saturated rings. The third kappa shape index (κ3) is 11.7.